The number of Topliss-reactive ketones (excluding diaryl/α,β-unsaturated/α-hetero) is 1. The van der Waals surface area contributed by atoms with E-state index in [1.807, 2.05) is 0 Å². The molecule has 0 aliphatic heterocycles. The molecule has 16 heavy (non-hydrogen) atoms. The van der Waals surface area contributed by atoms with Crippen molar-refractivity contribution in [3.63, 3.8) is 0 Å². The predicted molar refractivity (Wildman–Crippen MR) is 53.5 cm³/mol. The molecule has 6 nitrogen and oxygen atoms in total. The van der Waals surface area contributed by atoms with Crippen molar-refractivity contribution in [3.05, 3.63) is 0 Å². The van der Waals surface area contributed by atoms with Gasteiger partial charge in [0.1, 0.15) is 6.61 Å². The monoisotopic (exact) mass is 232 g/mol. The fourth-order valence-electron chi connectivity index (χ4n) is 1.02. The number of ketones is 1. The van der Waals surface area contributed by atoms with Crippen LogP contribution in [0.15, 0.2) is 0 Å². The molecule has 1 atom stereocenters. The van der Waals surface area contributed by atoms with Crippen molar-refractivity contribution in [3.8, 4) is 0 Å². The average Bonchev–Trinajstić information content (AvgIpc) is 2.18. The molecule has 1 unspecified atom stereocenters. The molecule has 0 heterocycles. The summed E-state index contributed by atoms with van der Waals surface area (Å²) < 4.78 is 9.29. The van der Waals surface area contributed by atoms with E-state index in [0.29, 0.717) is 0 Å². The number of aliphatic hydroxyl groups is 1. The first-order valence-corrected chi connectivity index (χ1v) is 4.83. The first-order chi connectivity index (χ1) is 7.40. The maximum absolute atomic E-state index is 11.6. The number of rotatable bonds is 6. The highest BCUT2D eigenvalue weighted by atomic mass is 16.6. The largest absolute Gasteiger partial charge is 0.465 e. The van der Waals surface area contributed by atoms with Crippen molar-refractivity contribution in [2.24, 2.45) is 5.41 Å². The van der Waals surface area contributed by atoms with Gasteiger partial charge in [0.2, 0.25) is 0 Å². The Kier molecular flexibility index (Phi) is 5.66. The minimum Gasteiger partial charge on any atom is -0.465 e. The van der Waals surface area contributed by atoms with Crippen molar-refractivity contribution < 1.29 is 29.0 Å². The van der Waals surface area contributed by atoms with Gasteiger partial charge >= 0.3 is 11.9 Å². The van der Waals surface area contributed by atoms with Gasteiger partial charge in [-0.2, -0.15) is 0 Å². The summed E-state index contributed by atoms with van der Waals surface area (Å²) in [4.78, 5) is 33.6. The van der Waals surface area contributed by atoms with Crippen molar-refractivity contribution in [1.29, 1.82) is 0 Å². The molecule has 0 aliphatic carbocycles. The Hall–Kier alpha value is -1.43. The van der Waals surface area contributed by atoms with Crippen LogP contribution in [0.1, 0.15) is 20.8 Å². The molecule has 0 aliphatic rings. The van der Waals surface area contributed by atoms with Crippen LogP contribution in [-0.2, 0) is 23.9 Å². The summed E-state index contributed by atoms with van der Waals surface area (Å²) >= 11 is 0. The third-order valence-corrected chi connectivity index (χ3v) is 2.13. The van der Waals surface area contributed by atoms with Crippen LogP contribution in [0, 0.1) is 5.41 Å². The zero-order valence-corrected chi connectivity index (χ0v) is 9.61. The topological polar surface area (TPSA) is 89.9 Å². The smallest absolute Gasteiger partial charge is 0.325 e. The van der Waals surface area contributed by atoms with Gasteiger partial charge in [0.25, 0.3) is 0 Å². The van der Waals surface area contributed by atoms with Crippen molar-refractivity contribution in [2.75, 3.05) is 19.8 Å². The molecule has 0 radical (unpaired) electrons. The van der Waals surface area contributed by atoms with Gasteiger partial charge in [-0.3, -0.25) is 14.4 Å². The second kappa shape index (κ2) is 6.22. The number of carbonyl (C=O) groups is 3. The number of carbonyl (C=O) groups excluding carboxylic acids is 3. The quantitative estimate of drug-likeness (QED) is 0.498. The summed E-state index contributed by atoms with van der Waals surface area (Å²) in [5, 5.41) is 9.14. The minimum atomic E-state index is -1.80. The molecular weight excluding hydrogens is 216 g/mol. The SMILES string of the molecule is CCOC(=O)C(CO)(COC(C)=O)C(C)=O. The van der Waals surface area contributed by atoms with Crippen molar-refractivity contribution >= 4 is 17.7 Å². The van der Waals surface area contributed by atoms with E-state index in [9.17, 15) is 14.4 Å². The Morgan fingerprint density at radius 3 is 2.06 bits per heavy atom. The van der Waals surface area contributed by atoms with Crippen LogP contribution >= 0.6 is 0 Å². The molecule has 0 fully saturated rings. The summed E-state index contributed by atoms with van der Waals surface area (Å²) in [5.74, 6) is -2.12. The maximum Gasteiger partial charge on any atom is 0.325 e. The number of esters is 2. The van der Waals surface area contributed by atoms with Gasteiger partial charge in [-0.1, -0.05) is 0 Å². The standard InChI is InChI=1S/C10H16O6/c1-4-15-9(14)10(5-11,7(2)12)6-16-8(3)13/h11H,4-6H2,1-3H3. The molecule has 0 amide bonds. The van der Waals surface area contributed by atoms with Gasteiger partial charge in [-0.05, 0) is 13.8 Å². The lowest BCUT2D eigenvalue weighted by molar-refractivity contribution is -0.169. The first kappa shape index (κ1) is 14.6. The number of ether oxygens (including phenoxy) is 2. The normalized spacial score (nSPS) is 13.8. The minimum absolute atomic E-state index is 0.0773. The molecule has 0 spiro atoms. The van der Waals surface area contributed by atoms with Crippen LogP contribution in [0.25, 0.3) is 0 Å². The lowest BCUT2D eigenvalue weighted by atomic mass is 9.86. The zero-order valence-electron chi connectivity index (χ0n) is 9.61. The third kappa shape index (κ3) is 3.30. The molecule has 0 aromatic carbocycles. The van der Waals surface area contributed by atoms with Gasteiger partial charge in [0, 0.05) is 6.92 Å². The van der Waals surface area contributed by atoms with E-state index in [1.165, 1.54) is 0 Å². The van der Waals surface area contributed by atoms with Crippen LogP contribution in [0.2, 0.25) is 0 Å². The summed E-state index contributed by atoms with van der Waals surface area (Å²) in [6.07, 6.45) is 0. The van der Waals surface area contributed by atoms with Gasteiger partial charge in [0.15, 0.2) is 11.2 Å². The van der Waals surface area contributed by atoms with Crippen LogP contribution in [-0.4, -0.2) is 42.6 Å². The highest BCUT2D eigenvalue weighted by Gasteiger charge is 2.45. The molecule has 92 valence electrons. The molecular formula is C10H16O6. The van der Waals surface area contributed by atoms with E-state index in [-0.39, 0.29) is 6.61 Å². The first-order valence-electron chi connectivity index (χ1n) is 4.83. The zero-order chi connectivity index (χ0) is 12.8. The van der Waals surface area contributed by atoms with E-state index in [2.05, 4.69) is 9.47 Å². The maximum atomic E-state index is 11.6. The Labute approximate surface area is 93.5 Å². The predicted octanol–water partition coefficient (Wildman–Crippen LogP) is -0.320. The molecule has 6 heteroatoms. The Morgan fingerprint density at radius 1 is 1.19 bits per heavy atom. The number of aliphatic hydroxyl groups excluding tert-OH is 1. The second-order valence-electron chi connectivity index (χ2n) is 3.30. The van der Waals surface area contributed by atoms with E-state index < -0.39 is 36.4 Å². The lowest BCUT2D eigenvalue weighted by Crippen LogP contribution is -2.47. The summed E-state index contributed by atoms with van der Waals surface area (Å²) in [6.45, 7) is 2.67. The van der Waals surface area contributed by atoms with Crippen LogP contribution in [0.4, 0.5) is 0 Å². The molecule has 1 N–H and O–H groups in total. The Balaban J connectivity index is 4.91. The molecule has 0 aromatic rings. The number of hydrogen-bond donors (Lipinski definition) is 1. The van der Waals surface area contributed by atoms with E-state index >= 15 is 0 Å². The molecule has 0 bridgehead atoms. The fraction of sp³-hybridized carbons (Fsp3) is 0.700. The summed E-state index contributed by atoms with van der Waals surface area (Å²) in [7, 11) is 0. The highest BCUT2D eigenvalue weighted by molar-refractivity contribution is 6.03. The van der Waals surface area contributed by atoms with Gasteiger partial charge < -0.3 is 14.6 Å². The Morgan fingerprint density at radius 2 is 1.75 bits per heavy atom. The Bertz CT molecular complexity index is 285. The van der Waals surface area contributed by atoms with Crippen LogP contribution in [0.3, 0.4) is 0 Å². The van der Waals surface area contributed by atoms with Gasteiger partial charge in [-0.25, -0.2) is 0 Å². The average molecular weight is 232 g/mol. The van der Waals surface area contributed by atoms with Gasteiger partial charge in [-0.15, -0.1) is 0 Å². The molecule has 0 saturated carbocycles. The van der Waals surface area contributed by atoms with E-state index in [4.69, 9.17) is 5.11 Å². The van der Waals surface area contributed by atoms with E-state index in [1.54, 1.807) is 6.92 Å². The fourth-order valence-corrected chi connectivity index (χ4v) is 1.02. The molecule has 0 rings (SSSR count). The number of hydrogen-bond acceptors (Lipinski definition) is 6. The van der Waals surface area contributed by atoms with Gasteiger partial charge in [0.05, 0.1) is 13.2 Å². The molecule has 0 saturated heterocycles. The third-order valence-electron chi connectivity index (χ3n) is 2.13. The second-order valence-corrected chi connectivity index (χ2v) is 3.30. The lowest BCUT2D eigenvalue weighted by Gasteiger charge is -2.25. The van der Waals surface area contributed by atoms with Crippen molar-refractivity contribution in [1.82, 2.24) is 0 Å². The van der Waals surface area contributed by atoms with E-state index in [0.717, 1.165) is 13.8 Å². The van der Waals surface area contributed by atoms with Crippen molar-refractivity contribution in [2.45, 2.75) is 20.8 Å². The highest BCUT2D eigenvalue weighted by Crippen LogP contribution is 2.21. The summed E-state index contributed by atoms with van der Waals surface area (Å²) in [6, 6.07) is 0. The van der Waals surface area contributed by atoms with Crippen LogP contribution < -0.4 is 0 Å². The summed E-state index contributed by atoms with van der Waals surface area (Å²) in [5.41, 5.74) is -1.80. The van der Waals surface area contributed by atoms with Crippen LogP contribution in [0.5, 0.6) is 0 Å². The molecule has 0 aromatic heterocycles.